The number of aromatic nitrogens is 3. The van der Waals surface area contributed by atoms with E-state index in [1.54, 1.807) is 24.5 Å². The SMILES string of the molecule is FC(F)=C(F)CCSc1nnc(-c2ccncc2)o1. The van der Waals surface area contributed by atoms with Gasteiger partial charge in [0, 0.05) is 30.1 Å². The van der Waals surface area contributed by atoms with Crippen molar-refractivity contribution >= 4 is 11.8 Å². The molecule has 2 aromatic rings. The zero-order valence-corrected chi connectivity index (χ0v) is 10.3. The third-order valence-corrected chi connectivity index (χ3v) is 2.91. The Morgan fingerprint density at radius 3 is 2.58 bits per heavy atom. The monoisotopic (exact) mass is 287 g/mol. The molecule has 0 saturated carbocycles. The Morgan fingerprint density at radius 1 is 1.16 bits per heavy atom. The van der Waals surface area contributed by atoms with Gasteiger partial charge in [-0.3, -0.25) is 4.98 Å². The Hall–Kier alpha value is -1.83. The summed E-state index contributed by atoms with van der Waals surface area (Å²) in [6, 6.07) is 3.39. The summed E-state index contributed by atoms with van der Waals surface area (Å²) in [7, 11) is 0. The highest BCUT2D eigenvalue weighted by Gasteiger charge is 2.10. The van der Waals surface area contributed by atoms with Crippen LogP contribution in [0, 0.1) is 0 Å². The maximum atomic E-state index is 12.5. The molecule has 0 spiro atoms. The van der Waals surface area contributed by atoms with Crippen LogP contribution >= 0.6 is 11.8 Å². The van der Waals surface area contributed by atoms with Crippen LogP contribution in [-0.2, 0) is 0 Å². The smallest absolute Gasteiger partial charge is 0.301 e. The second-order valence-corrected chi connectivity index (χ2v) is 4.42. The van der Waals surface area contributed by atoms with Crippen LogP contribution in [0.25, 0.3) is 11.5 Å². The molecule has 0 bridgehead atoms. The topological polar surface area (TPSA) is 51.8 Å². The molecule has 100 valence electrons. The van der Waals surface area contributed by atoms with E-state index >= 15 is 0 Å². The van der Waals surface area contributed by atoms with Crippen LogP contribution in [0.1, 0.15) is 6.42 Å². The number of nitrogens with zero attached hydrogens (tertiary/aromatic N) is 3. The molecule has 2 aromatic heterocycles. The normalized spacial score (nSPS) is 10.5. The van der Waals surface area contributed by atoms with E-state index in [1.807, 2.05) is 0 Å². The Morgan fingerprint density at radius 2 is 1.89 bits per heavy atom. The lowest BCUT2D eigenvalue weighted by Gasteiger charge is -1.94. The maximum absolute atomic E-state index is 12.5. The van der Waals surface area contributed by atoms with Crippen molar-refractivity contribution in [1.29, 1.82) is 0 Å². The zero-order chi connectivity index (χ0) is 13.7. The molecule has 0 amide bonds. The first-order valence-corrected chi connectivity index (χ1v) is 6.21. The van der Waals surface area contributed by atoms with Crippen molar-refractivity contribution in [1.82, 2.24) is 15.2 Å². The minimum atomic E-state index is -2.29. The minimum Gasteiger partial charge on any atom is -0.411 e. The quantitative estimate of drug-likeness (QED) is 0.785. The van der Waals surface area contributed by atoms with Gasteiger partial charge in [0.2, 0.25) is 5.89 Å². The molecule has 4 nitrogen and oxygen atoms in total. The average molecular weight is 287 g/mol. The highest BCUT2D eigenvalue weighted by Crippen LogP contribution is 2.24. The van der Waals surface area contributed by atoms with Gasteiger partial charge >= 0.3 is 6.08 Å². The third-order valence-electron chi connectivity index (χ3n) is 2.09. The lowest BCUT2D eigenvalue weighted by molar-refractivity contribution is 0.373. The molecule has 0 aliphatic carbocycles. The van der Waals surface area contributed by atoms with Crippen molar-refractivity contribution in [3.8, 4) is 11.5 Å². The van der Waals surface area contributed by atoms with E-state index in [-0.39, 0.29) is 17.4 Å². The fraction of sp³-hybridized carbons (Fsp3) is 0.182. The molecule has 0 unspecified atom stereocenters. The van der Waals surface area contributed by atoms with Crippen LogP contribution in [-0.4, -0.2) is 20.9 Å². The predicted molar refractivity (Wildman–Crippen MR) is 63.2 cm³/mol. The molecule has 0 fully saturated rings. The zero-order valence-electron chi connectivity index (χ0n) is 9.52. The van der Waals surface area contributed by atoms with Gasteiger partial charge in [0.15, 0.2) is 5.83 Å². The lowest BCUT2D eigenvalue weighted by Crippen LogP contribution is -1.82. The summed E-state index contributed by atoms with van der Waals surface area (Å²) < 4.78 is 41.5. The van der Waals surface area contributed by atoms with Gasteiger partial charge in [-0.25, -0.2) is 4.39 Å². The van der Waals surface area contributed by atoms with E-state index < -0.39 is 11.9 Å². The first kappa shape index (κ1) is 13.6. The molecule has 19 heavy (non-hydrogen) atoms. The molecule has 0 saturated heterocycles. The molecular weight excluding hydrogens is 279 g/mol. The van der Waals surface area contributed by atoms with Gasteiger partial charge in [0.1, 0.15) is 0 Å². The fourth-order valence-corrected chi connectivity index (χ4v) is 1.89. The van der Waals surface area contributed by atoms with E-state index in [9.17, 15) is 13.2 Å². The Kier molecular flexibility index (Phi) is 4.56. The molecule has 0 N–H and O–H groups in total. The second-order valence-electron chi connectivity index (χ2n) is 3.37. The summed E-state index contributed by atoms with van der Waals surface area (Å²) in [5, 5.41) is 7.74. The van der Waals surface area contributed by atoms with Crippen LogP contribution in [0.5, 0.6) is 0 Å². The Bertz CT molecular complexity index is 570. The van der Waals surface area contributed by atoms with Gasteiger partial charge in [0.25, 0.3) is 5.22 Å². The average Bonchev–Trinajstić information content (AvgIpc) is 2.88. The van der Waals surface area contributed by atoms with Crippen molar-refractivity contribution in [3.05, 3.63) is 36.4 Å². The molecule has 2 rings (SSSR count). The second kappa shape index (κ2) is 6.37. The predicted octanol–water partition coefficient (Wildman–Crippen LogP) is 3.69. The molecule has 0 aliphatic heterocycles. The van der Waals surface area contributed by atoms with Gasteiger partial charge < -0.3 is 4.42 Å². The van der Waals surface area contributed by atoms with E-state index in [2.05, 4.69) is 15.2 Å². The summed E-state index contributed by atoms with van der Waals surface area (Å²) in [6.45, 7) is 0. The number of halogens is 3. The largest absolute Gasteiger partial charge is 0.411 e. The maximum Gasteiger partial charge on any atom is 0.301 e. The van der Waals surface area contributed by atoms with Crippen LogP contribution in [0.2, 0.25) is 0 Å². The molecule has 2 heterocycles. The summed E-state index contributed by atoms with van der Waals surface area (Å²) in [5.41, 5.74) is 0.704. The molecule has 8 heteroatoms. The van der Waals surface area contributed by atoms with Crippen LogP contribution < -0.4 is 0 Å². The first-order valence-electron chi connectivity index (χ1n) is 5.23. The molecule has 0 atom stereocenters. The van der Waals surface area contributed by atoms with Gasteiger partial charge in [-0.1, -0.05) is 11.8 Å². The van der Waals surface area contributed by atoms with Gasteiger partial charge in [-0.05, 0) is 12.1 Å². The number of allylic oxidation sites excluding steroid dienone is 1. The lowest BCUT2D eigenvalue weighted by atomic mass is 10.3. The number of thioether (sulfide) groups is 1. The number of rotatable bonds is 5. The van der Waals surface area contributed by atoms with Crippen molar-refractivity contribution in [3.63, 3.8) is 0 Å². The molecule has 0 aromatic carbocycles. The standard InChI is InChI=1S/C11H8F3N3OS/c12-8(9(13)14)3-6-19-11-17-16-10(18-11)7-1-4-15-5-2-7/h1-2,4-5H,3,6H2. The molecule has 0 radical (unpaired) electrons. The van der Waals surface area contributed by atoms with Crippen molar-refractivity contribution < 1.29 is 17.6 Å². The number of hydrogen-bond donors (Lipinski definition) is 0. The van der Waals surface area contributed by atoms with Crippen LogP contribution in [0.4, 0.5) is 13.2 Å². The highest BCUT2D eigenvalue weighted by atomic mass is 32.2. The summed E-state index contributed by atoms with van der Waals surface area (Å²) in [5.74, 6) is -1.01. The Labute approximate surface area is 110 Å². The van der Waals surface area contributed by atoms with Gasteiger partial charge in [-0.15, -0.1) is 10.2 Å². The first-order chi connectivity index (χ1) is 9.16. The third kappa shape index (κ3) is 3.82. The van der Waals surface area contributed by atoms with Crippen LogP contribution in [0.3, 0.4) is 0 Å². The van der Waals surface area contributed by atoms with Gasteiger partial charge in [-0.2, -0.15) is 8.78 Å². The van der Waals surface area contributed by atoms with Crippen molar-refractivity contribution in [2.75, 3.05) is 5.75 Å². The Balaban J connectivity index is 1.94. The fourth-order valence-electron chi connectivity index (χ4n) is 1.20. The summed E-state index contributed by atoms with van der Waals surface area (Å²) in [4.78, 5) is 3.85. The van der Waals surface area contributed by atoms with E-state index in [4.69, 9.17) is 4.42 Å². The van der Waals surface area contributed by atoms with Crippen molar-refractivity contribution in [2.45, 2.75) is 11.6 Å². The highest BCUT2D eigenvalue weighted by molar-refractivity contribution is 7.99. The van der Waals surface area contributed by atoms with Gasteiger partial charge in [0.05, 0.1) is 0 Å². The van der Waals surface area contributed by atoms with Crippen molar-refractivity contribution in [2.24, 2.45) is 0 Å². The number of hydrogen-bond acceptors (Lipinski definition) is 5. The van der Waals surface area contributed by atoms with E-state index in [0.717, 1.165) is 11.8 Å². The number of pyridine rings is 1. The van der Waals surface area contributed by atoms with Crippen LogP contribution in [0.15, 0.2) is 46.1 Å². The minimum absolute atomic E-state index is 0.0984. The molecule has 0 aliphatic rings. The summed E-state index contributed by atoms with van der Waals surface area (Å²) >= 11 is 1.02. The van der Waals surface area contributed by atoms with E-state index in [0.29, 0.717) is 11.5 Å². The summed E-state index contributed by atoms with van der Waals surface area (Å²) in [6.07, 6.45) is 0.496. The molecular formula is C11H8F3N3OS. The van der Waals surface area contributed by atoms with E-state index in [1.165, 1.54) is 0 Å².